The van der Waals surface area contributed by atoms with E-state index in [9.17, 15) is 5.11 Å². The number of aliphatic hydroxyl groups is 1. The van der Waals surface area contributed by atoms with Crippen LogP contribution in [0.15, 0.2) is 22.2 Å². The molecule has 1 N–H and O–H groups in total. The summed E-state index contributed by atoms with van der Waals surface area (Å²) in [6.07, 6.45) is 1.99. The van der Waals surface area contributed by atoms with Crippen LogP contribution < -0.4 is 9.47 Å². The lowest BCUT2D eigenvalue weighted by atomic mass is 10.0. The summed E-state index contributed by atoms with van der Waals surface area (Å²) in [4.78, 5) is 0. The summed E-state index contributed by atoms with van der Waals surface area (Å²) in [7, 11) is 0. The van der Waals surface area contributed by atoms with E-state index in [1.807, 2.05) is 18.2 Å². The number of ether oxygens (including phenoxy) is 2. The molecule has 1 heterocycles. The Labute approximate surface area is 116 Å². The van der Waals surface area contributed by atoms with Crippen molar-refractivity contribution in [1.29, 1.82) is 0 Å². The van der Waals surface area contributed by atoms with Crippen LogP contribution in [-0.4, -0.2) is 24.9 Å². The lowest BCUT2D eigenvalue weighted by Gasteiger charge is -2.20. The molecular formula is C14H17BrO3. The zero-order valence-electron chi connectivity index (χ0n) is 10.6. The summed E-state index contributed by atoms with van der Waals surface area (Å²) in [5, 5.41) is 9.33. The van der Waals surface area contributed by atoms with E-state index in [1.54, 1.807) is 0 Å². The van der Waals surface area contributed by atoms with E-state index < -0.39 is 0 Å². The molecule has 1 aliphatic rings. The normalized spacial score (nSPS) is 15.1. The van der Waals surface area contributed by atoms with Gasteiger partial charge in [0.05, 0.1) is 11.1 Å². The number of halogens is 1. The van der Waals surface area contributed by atoms with Crippen molar-refractivity contribution in [2.24, 2.45) is 5.92 Å². The quantitative estimate of drug-likeness (QED) is 0.931. The summed E-state index contributed by atoms with van der Waals surface area (Å²) in [6.45, 7) is 5.35. The molecule has 0 unspecified atom stereocenters. The van der Waals surface area contributed by atoms with Gasteiger partial charge in [0, 0.05) is 0 Å². The highest BCUT2D eigenvalue weighted by atomic mass is 79.9. The summed E-state index contributed by atoms with van der Waals surface area (Å²) in [6, 6.07) is 3.92. The predicted molar refractivity (Wildman–Crippen MR) is 75.0 cm³/mol. The van der Waals surface area contributed by atoms with Crippen LogP contribution in [-0.2, 0) is 0 Å². The van der Waals surface area contributed by atoms with E-state index in [1.165, 1.54) is 0 Å². The van der Waals surface area contributed by atoms with Crippen LogP contribution in [0.25, 0.3) is 6.08 Å². The molecule has 2 rings (SSSR count). The van der Waals surface area contributed by atoms with Crippen molar-refractivity contribution in [3.63, 3.8) is 0 Å². The topological polar surface area (TPSA) is 38.7 Å². The largest absolute Gasteiger partial charge is 0.486 e. The minimum atomic E-state index is 0.0731. The lowest BCUT2D eigenvalue weighted by molar-refractivity contribution is 0.170. The van der Waals surface area contributed by atoms with E-state index in [4.69, 9.17) is 9.47 Å². The molecule has 0 amide bonds. The Balaban J connectivity index is 2.38. The number of aliphatic hydroxyl groups excluding tert-OH is 1. The fraction of sp³-hybridized carbons (Fsp3) is 0.429. The first-order valence-corrected chi connectivity index (χ1v) is 6.81. The van der Waals surface area contributed by atoms with Crippen molar-refractivity contribution < 1.29 is 14.6 Å². The average molecular weight is 313 g/mol. The third-order valence-corrected chi connectivity index (χ3v) is 3.48. The monoisotopic (exact) mass is 312 g/mol. The predicted octanol–water partition coefficient (Wildman–Crippen LogP) is 3.25. The first-order chi connectivity index (χ1) is 8.61. The lowest BCUT2D eigenvalue weighted by Crippen LogP contribution is -2.15. The highest BCUT2D eigenvalue weighted by Gasteiger charge is 2.16. The Morgan fingerprint density at radius 1 is 1.39 bits per heavy atom. The summed E-state index contributed by atoms with van der Waals surface area (Å²) < 4.78 is 12.0. The minimum absolute atomic E-state index is 0.0731. The van der Waals surface area contributed by atoms with Gasteiger partial charge in [-0.25, -0.2) is 0 Å². The van der Waals surface area contributed by atoms with Crippen LogP contribution >= 0.6 is 15.9 Å². The molecule has 0 saturated carbocycles. The number of hydrogen-bond acceptors (Lipinski definition) is 3. The number of rotatable bonds is 3. The highest BCUT2D eigenvalue weighted by molar-refractivity contribution is 9.10. The van der Waals surface area contributed by atoms with Gasteiger partial charge in [-0.05, 0) is 45.1 Å². The molecule has 0 aromatic heterocycles. The van der Waals surface area contributed by atoms with Gasteiger partial charge >= 0.3 is 0 Å². The maximum atomic E-state index is 9.33. The van der Waals surface area contributed by atoms with Crippen molar-refractivity contribution in [1.82, 2.24) is 0 Å². The van der Waals surface area contributed by atoms with Crippen LogP contribution in [0.3, 0.4) is 0 Å². The fourth-order valence-corrected chi connectivity index (χ4v) is 2.40. The van der Waals surface area contributed by atoms with Gasteiger partial charge in [-0.3, -0.25) is 0 Å². The van der Waals surface area contributed by atoms with E-state index in [2.05, 4.69) is 29.8 Å². The van der Waals surface area contributed by atoms with Gasteiger partial charge < -0.3 is 14.6 Å². The molecule has 0 bridgehead atoms. The van der Waals surface area contributed by atoms with Crippen LogP contribution in [0.4, 0.5) is 0 Å². The molecule has 3 nitrogen and oxygen atoms in total. The van der Waals surface area contributed by atoms with Gasteiger partial charge in [0.15, 0.2) is 11.5 Å². The van der Waals surface area contributed by atoms with E-state index in [0.29, 0.717) is 19.1 Å². The Morgan fingerprint density at radius 2 is 2.11 bits per heavy atom. The van der Waals surface area contributed by atoms with Crippen molar-refractivity contribution >= 4 is 22.0 Å². The molecule has 0 spiro atoms. The number of fused-ring (bicyclic) bond motifs is 1. The van der Waals surface area contributed by atoms with Crippen LogP contribution in [0.2, 0.25) is 0 Å². The summed E-state index contributed by atoms with van der Waals surface area (Å²) >= 11 is 3.48. The van der Waals surface area contributed by atoms with Crippen molar-refractivity contribution in [3.8, 4) is 11.5 Å². The molecule has 0 atom stereocenters. The molecule has 98 valence electrons. The maximum absolute atomic E-state index is 9.33. The van der Waals surface area contributed by atoms with Gasteiger partial charge in [-0.2, -0.15) is 0 Å². The summed E-state index contributed by atoms with van der Waals surface area (Å²) in [5.41, 5.74) is 2.00. The Morgan fingerprint density at radius 3 is 2.78 bits per heavy atom. The Hall–Kier alpha value is -1.00. The smallest absolute Gasteiger partial charge is 0.175 e. The van der Waals surface area contributed by atoms with Crippen molar-refractivity contribution in [2.75, 3.05) is 19.8 Å². The van der Waals surface area contributed by atoms with Gasteiger partial charge in [0.1, 0.15) is 13.2 Å². The molecule has 0 fully saturated rings. The highest BCUT2D eigenvalue weighted by Crippen LogP contribution is 2.39. The molecule has 18 heavy (non-hydrogen) atoms. The number of hydrogen-bond donors (Lipinski definition) is 1. The van der Waals surface area contributed by atoms with Crippen molar-refractivity contribution in [3.05, 3.63) is 27.7 Å². The average Bonchev–Trinajstić information content (AvgIpc) is 2.35. The van der Waals surface area contributed by atoms with E-state index in [0.717, 1.165) is 27.1 Å². The number of benzene rings is 1. The second kappa shape index (κ2) is 5.76. The van der Waals surface area contributed by atoms with Gasteiger partial charge in [-0.1, -0.05) is 19.9 Å². The molecule has 1 aromatic rings. The van der Waals surface area contributed by atoms with Gasteiger partial charge in [0.25, 0.3) is 0 Å². The summed E-state index contributed by atoms with van der Waals surface area (Å²) in [5.74, 6) is 1.83. The van der Waals surface area contributed by atoms with E-state index in [-0.39, 0.29) is 6.61 Å². The SMILES string of the molecule is CC(C)C(=Cc1cc(Br)c2c(c1)OCCO2)CO. The molecule has 0 radical (unpaired) electrons. The molecule has 0 saturated heterocycles. The minimum Gasteiger partial charge on any atom is -0.486 e. The van der Waals surface area contributed by atoms with E-state index >= 15 is 0 Å². The standard InChI is InChI=1S/C14H17BrO3/c1-9(2)11(8-16)5-10-6-12(15)14-13(7-10)17-3-4-18-14/h5-7,9,16H,3-4,8H2,1-2H3. The van der Waals surface area contributed by atoms with Gasteiger partial charge in [-0.15, -0.1) is 0 Å². The zero-order chi connectivity index (χ0) is 13.1. The van der Waals surface area contributed by atoms with Crippen LogP contribution in [0.1, 0.15) is 19.4 Å². The first-order valence-electron chi connectivity index (χ1n) is 6.02. The molecule has 1 aliphatic heterocycles. The third kappa shape index (κ3) is 2.87. The van der Waals surface area contributed by atoms with Gasteiger partial charge in [0.2, 0.25) is 0 Å². The molecule has 1 aromatic carbocycles. The zero-order valence-corrected chi connectivity index (χ0v) is 12.2. The second-order valence-electron chi connectivity index (χ2n) is 4.56. The van der Waals surface area contributed by atoms with Crippen LogP contribution in [0.5, 0.6) is 11.5 Å². The Kier molecular flexibility index (Phi) is 4.30. The second-order valence-corrected chi connectivity index (χ2v) is 5.41. The first kappa shape index (κ1) is 13.4. The Bertz CT molecular complexity index is 466. The fourth-order valence-electron chi connectivity index (χ4n) is 1.82. The molecule has 0 aliphatic carbocycles. The third-order valence-electron chi connectivity index (χ3n) is 2.90. The van der Waals surface area contributed by atoms with Crippen molar-refractivity contribution in [2.45, 2.75) is 13.8 Å². The molecular weight excluding hydrogens is 296 g/mol. The maximum Gasteiger partial charge on any atom is 0.175 e. The van der Waals surface area contributed by atoms with Crippen LogP contribution in [0, 0.1) is 5.92 Å². The molecule has 4 heteroatoms.